The molecule has 0 saturated heterocycles. The zero-order valence-corrected chi connectivity index (χ0v) is 61.0. The van der Waals surface area contributed by atoms with Gasteiger partial charge in [0.1, 0.15) is 0 Å². The maximum absolute atomic E-state index is 11.7. The van der Waals surface area contributed by atoms with Crippen LogP contribution in [0, 0.1) is 0 Å². The molecule has 5 nitrogen and oxygen atoms in total. The van der Waals surface area contributed by atoms with Crippen LogP contribution in [0.5, 0.6) is 0 Å². The van der Waals surface area contributed by atoms with Gasteiger partial charge in [-0.3, -0.25) is 0 Å². The van der Waals surface area contributed by atoms with Gasteiger partial charge in [0.25, 0.3) is 6.71 Å². The Labute approximate surface area is 653 Å². The molecule has 0 amide bonds. The van der Waals surface area contributed by atoms with E-state index in [0.29, 0.717) is 50.2 Å². The Balaban J connectivity index is 1.08. The summed E-state index contributed by atoms with van der Waals surface area (Å²) in [6.07, 6.45) is 0. The van der Waals surface area contributed by atoms with Gasteiger partial charge in [-0.2, -0.15) is 0 Å². The first-order chi connectivity index (χ1) is 60.3. The summed E-state index contributed by atoms with van der Waals surface area (Å²) in [5.41, 5.74) is 6.41. The van der Waals surface area contributed by atoms with Crippen molar-refractivity contribution in [2.75, 3.05) is 9.80 Å². The van der Waals surface area contributed by atoms with E-state index < -0.39 is 195 Å². The number of nitrogens with zero attached hydrogens (tertiary/aromatic N) is 5. The molecule has 3 aromatic heterocycles. The molecular formula is C100H86BN5. The standard InChI is InChI=1S/C100H86BN5/c1-97(2,3)67-30-26-28-64(54-67)79-59-69(99(7,8)9)45-52-89(79)105-92-61-72(103-84-39-21-16-34-74(84)75-35-17-22-40-85(75)103)47-49-82(92)101-83-50-48-73(104-86-41-23-18-36-76(86)77-37-19-24-42-87(77)104)62-93(83)106(90-53-46-70(100(10,11)12)60-80(90)65-29-27-31-68(55-65)98(4,5)6)95-58-66(57-94(105)96(95)101)63-44-51-91-81(56-63)78-38-20-25-43-88(78)102(91)71-32-14-13-15-33-71/h13-62H,1-12H3/i16D,17D,18D,19D,21D,22D,23D,24D,34D,35D,36D,37D,39D,40D,41D,42D,47D,48D,49D,50D,61D,62D. The molecule has 514 valence electrons. The lowest BCUT2D eigenvalue weighted by molar-refractivity contribution is 0.589. The summed E-state index contributed by atoms with van der Waals surface area (Å²) in [5, 5.41) is 0.347. The maximum atomic E-state index is 11.7. The maximum Gasteiger partial charge on any atom is 0.252 e. The van der Waals surface area contributed by atoms with E-state index >= 15 is 0 Å². The van der Waals surface area contributed by atoms with Crippen molar-refractivity contribution >= 4 is 123 Å². The van der Waals surface area contributed by atoms with Gasteiger partial charge in [0, 0.05) is 83.3 Å². The molecule has 0 aliphatic carbocycles. The zero-order valence-electron chi connectivity index (χ0n) is 83.0. The molecule has 0 saturated carbocycles. The summed E-state index contributed by atoms with van der Waals surface area (Å²) in [4.78, 5) is 3.72. The van der Waals surface area contributed by atoms with Crippen LogP contribution in [0.2, 0.25) is 0 Å². The second-order valence-electron chi connectivity index (χ2n) is 32.1. The Hall–Kier alpha value is -11.9. The topological polar surface area (TPSA) is 21.3 Å². The monoisotopic (exact) mass is 1390 g/mol. The number of hydrogen-bond donors (Lipinski definition) is 0. The third kappa shape index (κ3) is 10.3. The van der Waals surface area contributed by atoms with Gasteiger partial charge in [0.05, 0.1) is 74.6 Å². The molecule has 19 rings (SSSR count). The largest absolute Gasteiger partial charge is 0.311 e. The van der Waals surface area contributed by atoms with E-state index in [-0.39, 0.29) is 55.2 Å². The van der Waals surface area contributed by atoms with Gasteiger partial charge in [-0.15, -0.1) is 0 Å². The van der Waals surface area contributed by atoms with Crippen molar-refractivity contribution in [1.82, 2.24) is 13.7 Å². The van der Waals surface area contributed by atoms with Gasteiger partial charge in [-0.1, -0.05) is 271 Å². The van der Waals surface area contributed by atoms with Crippen molar-refractivity contribution < 1.29 is 30.2 Å². The van der Waals surface area contributed by atoms with Crippen LogP contribution in [-0.4, -0.2) is 20.4 Å². The molecule has 14 aromatic carbocycles. The normalized spacial score (nSPS) is 16.1. The molecule has 0 N–H and O–H groups in total. The van der Waals surface area contributed by atoms with Crippen molar-refractivity contribution in [2.24, 2.45) is 0 Å². The van der Waals surface area contributed by atoms with Gasteiger partial charge in [0.2, 0.25) is 0 Å². The fourth-order valence-corrected chi connectivity index (χ4v) is 15.9. The first-order valence-electron chi connectivity index (χ1n) is 47.0. The summed E-state index contributed by atoms with van der Waals surface area (Å²) < 4.78 is 225. The Morgan fingerprint density at radius 2 is 0.670 bits per heavy atom. The van der Waals surface area contributed by atoms with Crippen molar-refractivity contribution in [3.63, 3.8) is 0 Å². The van der Waals surface area contributed by atoms with Gasteiger partial charge in [-0.05, 0) is 198 Å². The van der Waals surface area contributed by atoms with Gasteiger partial charge in [-0.25, -0.2) is 0 Å². The third-order valence-electron chi connectivity index (χ3n) is 21.4. The fourth-order valence-electron chi connectivity index (χ4n) is 15.9. The van der Waals surface area contributed by atoms with E-state index in [4.69, 9.17) is 5.48 Å². The molecule has 5 heterocycles. The molecule has 0 spiro atoms. The number of rotatable bonds is 8. The lowest BCUT2D eigenvalue weighted by Crippen LogP contribution is -2.61. The number of fused-ring (bicyclic) bond motifs is 13. The molecule has 0 fully saturated rings. The molecule has 2 aliphatic heterocycles. The van der Waals surface area contributed by atoms with Crippen LogP contribution >= 0.6 is 0 Å². The highest BCUT2D eigenvalue weighted by molar-refractivity contribution is 7.00. The molecule has 0 radical (unpaired) electrons. The number of para-hydroxylation sites is 6. The first-order valence-corrected chi connectivity index (χ1v) is 36.0. The summed E-state index contributed by atoms with van der Waals surface area (Å²) in [6, 6.07) is 40.7. The van der Waals surface area contributed by atoms with Crippen LogP contribution in [0.1, 0.15) is 135 Å². The quantitative estimate of drug-likeness (QED) is 0.141. The summed E-state index contributed by atoms with van der Waals surface area (Å²) in [5.74, 6) is 0. The van der Waals surface area contributed by atoms with Crippen LogP contribution in [0.25, 0.3) is 116 Å². The Morgan fingerprint density at radius 1 is 0.264 bits per heavy atom. The Kier molecular flexibility index (Phi) is 10.2. The minimum atomic E-state index is -1.65. The molecule has 106 heavy (non-hydrogen) atoms. The van der Waals surface area contributed by atoms with E-state index in [1.165, 1.54) is 0 Å². The average molecular weight is 1390 g/mol. The highest BCUT2D eigenvalue weighted by Gasteiger charge is 2.45. The number of aromatic nitrogens is 3. The predicted molar refractivity (Wildman–Crippen MR) is 455 cm³/mol. The number of anilines is 6. The van der Waals surface area contributed by atoms with Gasteiger partial charge >= 0.3 is 0 Å². The van der Waals surface area contributed by atoms with Crippen molar-refractivity contribution in [3.8, 4) is 50.4 Å². The van der Waals surface area contributed by atoms with E-state index in [2.05, 4.69) is 136 Å². The molecule has 6 heteroatoms. The predicted octanol–water partition coefficient (Wildman–Crippen LogP) is 25.3. The van der Waals surface area contributed by atoms with Crippen molar-refractivity contribution in [2.45, 2.75) is 105 Å². The first kappa shape index (κ1) is 45.4. The van der Waals surface area contributed by atoms with Crippen LogP contribution in [0.15, 0.2) is 303 Å². The van der Waals surface area contributed by atoms with Crippen LogP contribution in [0.4, 0.5) is 34.1 Å². The highest BCUT2D eigenvalue weighted by atomic mass is 15.2. The van der Waals surface area contributed by atoms with E-state index in [1.54, 1.807) is 0 Å². The van der Waals surface area contributed by atoms with Gasteiger partial charge in [0.15, 0.2) is 0 Å². The van der Waals surface area contributed by atoms with Crippen molar-refractivity contribution in [1.29, 1.82) is 0 Å². The number of hydrogen-bond acceptors (Lipinski definition) is 2. The van der Waals surface area contributed by atoms with E-state index in [0.717, 1.165) is 58.9 Å². The summed E-state index contributed by atoms with van der Waals surface area (Å²) in [7, 11) is 0. The van der Waals surface area contributed by atoms with Crippen LogP contribution in [-0.2, 0) is 21.7 Å². The summed E-state index contributed by atoms with van der Waals surface area (Å²) >= 11 is 0. The SMILES string of the molecule is [2H]c1c([2H])c(-n2c3c([2H])c([2H])c([2H])c([2H])c3c3c([2H])c([2H])c([2H])c([2H])c32)c([2H])c2c1B1c3c(cc(-c4ccc5c(c4)c4ccccc4n5-c4ccccc4)cc3N(c3ccc(C(C)(C)C)cc3-c3cccc(C(C)(C)C)c3)c3c([2H])c(-n4c5c([2H])c([2H])c([2H])c([2H])c5c5c([2H])c([2H])c([2H])c([2H])c54)c([2H])c([2H])c31)N2c1ccc(C(C)(C)C)cc1-c1cccc(C(C)(C)C)c1. The smallest absolute Gasteiger partial charge is 0.252 e. The lowest BCUT2D eigenvalue weighted by Gasteiger charge is -2.45. The van der Waals surface area contributed by atoms with E-state index in [9.17, 15) is 24.7 Å². The lowest BCUT2D eigenvalue weighted by atomic mass is 9.33. The molecule has 2 aliphatic rings. The highest BCUT2D eigenvalue weighted by Crippen LogP contribution is 2.53. The second kappa shape index (κ2) is 23.8. The number of benzene rings is 14. The van der Waals surface area contributed by atoms with Crippen LogP contribution in [0.3, 0.4) is 0 Å². The minimum Gasteiger partial charge on any atom is -0.311 e. The van der Waals surface area contributed by atoms with Crippen molar-refractivity contribution in [3.05, 3.63) is 325 Å². The van der Waals surface area contributed by atoms with E-state index in [1.807, 2.05) is 131 Å². The molecule has 17 aromatic rings. The molecule has 0 atom stereocenters. The third-order valence-corrected chi connectivity index (χ3v) is 21.4. The average Bonchev–Trinajstić information content (AvgIpc) is 0.744. The Morgan fingerprint density at radius 3 is 1.12 bits per heavy atom. The second-order valence-corrected chi connectivity index (χ2v) is 32.1. The fraction of sp³-hybridized carbons (Fsp3) is 0.160. The molecule has 0 bridgehead atoms. The molecule has 0 unspecified atom stereocenters. The Bertz CT molecular complexity index is 7320. The zero-order chi connectivity index (χ0) is 91.6. The van der Waals surface area contributed by atoms with Gasteiger partial charge < -0.3 is 23.5 Å². The summed E-state index contributed by atoms with van der Waals surface area (Å²) in [6.45, 7) is 23.6. The molecular weight excluding hydrogens is 1280 g/mol. The van der Waals surface area contributed by atoms with Crippen LogP contribution < -0.4 is 26.2 Å². The minimum absolute atomic E-state index is 0.151.